The Balaban J connectivity index is 1.61. The van der Waals surface area contributed by atoms with E-state index in [1.54, 1.807) is 11.3 Å². The minimum absolute atomic E-state index is 0.215. The average molecular weight is 412 g/mol. The van der Waals surface area contributed by atoms with Gasteiger partial charge in [0, 0.05) is 31.6 Å². The molecule has 0 aliphatic carbocycles. The number of aromatic nitrogens is 1. The second-order valence-corrected chi connectivity index (χ2v) is 8.15. The molecule has 0 amide bonds. The topological polar surface area (TPSA) is 29.8 Å². The number of hydrogen-bond acceptors (Lipinski definition) is 4. The largest absolute Gasteiger partial charge is 0.379 e. The number of hydrogen-bond donors (Lipinski definition) is 0. The van der Waals surface area contributed by atoms with E-state index in [9.17, 15) is 4.39 Å². The zero-order chi connectivity index (χ0) is 20.1. The molecule has 6 heteroatoms. The first-order valence-electron chi connectivity index (χ1n) is 10.0. The van der Waals surface area contributed by atoms with Crippen molar-refractivity contribution in [2.24, 2.45) is 4.99 Å². The molecule has 152 valence electrons. The van der Waals surface area contributed by atoms with Crippen LogP contribution < -0.4 is 4.80 Å². The van der Waals surface area contributed by atoms with Crippen LogP contribution in [-0.2, 0) is 11.3 Å². The lowest BCUT2D eigenvalue weighted by atomic mass is 10.1. The summed E-state index contributed by atoms with van der Waals surface area (Å²) in [5.41, 5.74) is 4.27. The van der Waals surface area contributed by atoms with Crippen LogP contribution in [0.3, 0.4) is 0 Å². The third-order valence-corrected chi connectivity index (χ3v) is 6.02. The quantitative estimate of drug-likeness (QED) is 0.592. The molecular weight excluding hydrogens is 385 g/mol. The summed E-state index contributed by atoms with van der Waals surface area (Å²) in [7, 11) is 0. The van der Waals surface area contributed by atoms with Gasteiger partial charge >= 0.3 is 0 Å². The van der Waals surface area contributed by atoms with Gasteiger partial charge in [-0.3, -0.25) is 4.90 Å². The van der Waals surface area contributed by atoms with Gasteiger partial charge in [-0.2, -0.15) is 0 Å². The molecule has 0 spiro atoms. The first-order valence-corrected chi connectivity index (χ1v) is 10.9. The van der Waals surface area contributed by atoms with Gasteiger partial charge in [0.05, 0.1) is 24.6 Å². The van der Waals surface area contributed by atoms with Crippen LogP contribution in [0.15, 0.2) is 58.9 Å². The predicted octanol–water partition coefficient (Wildman–Crippen LogP) is 4.62. The highest BCUT2D eigenvalue weighted by atomic mass is 32.1. The van der Waals surface area contributed by atoms with Crippen molar-refractivity contribution in [3.63, 3.8) is 0 Å². The Morgan fingerprint density at radius 3 is 2.45 bits per heavy atom. The Bertz CT molecular complexity index is 986. The summed E-state index contributed by atoms with van der Waals surface area (Å²) in [6.45, 7) is 7.63. The molecule has 0 atom stereocenters. The van der Waals surface area contributed by atoms with Crippen molar-refractivity contribution in [2.45, 2.75) is 19.9 Å². The van der Waals surface area contributed by atoms with E-state index in [0.29, 0.717) is 0 Å². The fourth-order valence-corrected chi connectivity index (χ4v) is 4.45. The lowest BCUT2D eigenvalue weighted by Crippen LogP contribution is -2.37. The fraction of sp³-hybridized carbons (Fsp3) is 0.348. The van der Waals surface area contributed by atoms with Crippen molar-refractivity contribution in [1.29, 1.82) is 0 Å². The standard InChI is InChI=1S/C23H26FN3OS/c1-18-3-9-21(10-4-18)25-23-27(12-2-11-26-13-15-28-16-14-26)22(17-29-23)19-5-7-20(24)8-6-19/h3-10,17H,2,11-16H2,1H3. The highest BCUT2D eigenvalue weighted by Crippen LogP contribution is 2.22. The second kappa shape index (κ2) is 9.48. The van der Waals surface area contributed by atoms with Crippen molar-refractivity contribution in [3.8, 4) is 11.3 Å². The first kappa shape index (κ1) is 20.0. The number of rotatable bonds is 6. The monoisotopic (exact) mass is 411 g/mol. The molecule has 0 saturated carbocycles. The highest BCUT2D eigenvalue weighted by Gasteiger charge is 2.12. The molecule has 1 fully saturated rings. The Morgan fingerprint density at radius 1 is 1.00 bits per heavy atom. The summed E-state index contributed by atoms with van der Waals surface area (Å²) >= 11 is 1.63. The van der Waals surface area contributed by atoms with Crippen LogP contribution in [0.2, 0.25) is 0 Å². The van der Waals surface area contributed by atoms with Crippen molar-refractivity contribution < 1.29 is 9.13 Å². The van der Waals surface area contributed by atoms with E-state index in [0.717, 1.165) is 67.6 Å². The maximum absolute atomic E-state index is 13.4. The van der Waals surface area contributed by atoms with E-state index in [1.807, 2.05) is 24.3 Å². The number of ether oxygens (including phenoxy) is 1. The number of benzene rings is 2. The smallest absolute Gasteiger partial charge is 0.190 e. The molecule has 2 aromatic carbocycles. The molecule has 0 unspecified atom stereocenters. The van der Waals surface area contributed by atoms with Crippen molar-refractivity contribution in [1.82, 2.24) is 9.47 Å². The molecule has 1 saturated heterocycles. The fourth-order valence-electron chi connectivity index (χ4n) is 3.49. The maximum Gasteiger partial charge on any atom is 0.190 e. The zero-order valence-corrected chi connectivity index (χ0v) is 17.5. The van der Waals surface area contributed by atoms with E-state index < -0.39 is 0 Å². The molecule has 0 radical (unpaired) electrons. The van der Waals surface area contributed by atoms with Crippen molar-refractivity contribution >= 4 is 17.0 Å². The summed E-state index contributed by atoms with van der Waals surface area (Å²) in [5, 5.41) is 2.12. The predicted molar refractivity (Wildman–Crippen MR) is 116 cm³/mol. The average Bonchev–Trinajstić information content (AvgIpc) is 3.13. The Hall–Kier alpha value is -2.28. The van der Waals surface area contributed by atoms with Gasteiger partial charge in [0.2, 0.25) is 0 Å². The molecule has 4 rings (SSSR count). The SMILES string of the molecule is Cc1ccc(N=c2scc(-c3ccc(F)cc3)n2CCCN2CCOCC2)cc1. The first-order chi connectivity index (χ1) is 14.2. The van der Waals surface area contributed by atoms with E-state index in [2.05, 4.69) is 33.9 Å². The number of aryl methyl sites for hydroxylation is 1. The van der Waals surface area contributed by atoms with Crippen LogP contribution in [0.1, 0.15) is 12.0 Å². The summed E-state index contributed by atoms with van der Waals surface area (Å²) in [6.07, 6.45) is 1.03. The van der Waals surface area contributed by atoms with Gasteiger partial charge in [0.15, 0.2) is 4.80 Å². The van der Waals surface area contributed by atoms with E-state index >= 15 is 0 Å². The summed E-state index contributed by atoms with van der Waals surface area (Å²) in [5.74, 6) is -0.215. The van der Waals surface area contributed by atoms with Crippen LogP contribution in [0.25, 0.3) is 11.3 Å². The summed E-state index contributed by atoms with van der Waals surface area (Å²) in [4.78, 5) is 8.30. The Morgan fingerprint density at radius 2 is 1.72 bits per heavy atom. The number of morpholine rings is 1. The molecule has 0 N–H and O–H groups in total. The molecular formula is C23H26FN3OS. The number of nitrogens with zero attached hydrogens (tertiary/aromatic N) is 3. The summed E-state index contributed by atoms with van der Waals surface area (Å²) < 4.78 is 21.1. The third-order valence-electron chi connectivity index (χ3n) is 5.16. The third kappa shape index (κ3) is 5.21. The number of thiazole rings is 1. The minimum atomic E-state index is -0.215. The highest BCUT2D eigenvalue weighted by molar-refractivity contribution is 7.07. The molecule has 4 nitrogen and oxygen atoms in total. The minimum Gasteiger partial charge on any atom is -0.379 e. The van der Waals surface area contributed by atoms with Gasteiger partial charge in [-0.15, -0.1) is 11.3 Å². The zero-order valence-electron chi connectivity index (χ0n) is 16.7. The van der Waals surface area contributed by atoms with Gasteiger partial charge in [0.25, 0.3) is 0 Å². The van der Waals surface area contributed by atoms with Crippen LogP contribution >= 0.6 is 11.3 Å². The molecule has 0 bridgehead atoms. The molecule has 1 aliphatic heterocycles. The van der Waals surface area contributed by atoms with Crippen molar-refractivity contribution in [3.05, 3.63) is 70.1 Å². The lowest BCUT2D eigenvalue weighted by Gasteiger charge is -2.26. The van der Waals surface area contributed by atoms with E-state index in [1.165, 1.54) is 17.7 Å². The van der Waals surface area contributed by atoms with Gasteiger partial charge in [-0.25, -0.2) is 9.38 Å². The molecule has 1 aromatic heterocycles. The molecule has 1 aliphatic rings. The van der Waals surface area contributed by atoms with E-state index in [4.69, 9.17) is 9.73 Å². The van der Waals surface area contributed by atoms with Crippen LogP contribution in [-0.4, -0.2) is 42.3 Å². The van der Waals surface area contributed by atoms with Crippen molar-refractivity contribution in [2.75, 3.05) is 32.8 Å². The van der Waals surface area contributed by atoms with E-state index in [-0.39, 0.29) is 5.82 Å². The van der Waals surface area contributed by atoms with Gasteiger partial charge < -0.3 is 9.30 Å². The molecule has 29 heavy (non-hydrogen) atoms. The van der Waals surface area contributed by atoms with Gasteiger partial charge in [-0.05, 0) is 55.3 Å². The normalized spacial score (nSPS) is 15.7. The second-order valence-electron chi connectivity index (χ2n) is 7.32. The molecule has 2 heterocycles. The van der Waals surface area contributed by atoms with Gasteiger partial charge in [-0.1, -0.05) is 17.7 Å². The van der Waals surface area contributed by atoms with Crippen LogP contribution in [0.5, 0.6) is 0 Å². The van der Waals surface area contributed by atoms with Crippen LogP contribution in [0.4, 0.5) is 10.1 Å². The van der Waals surface area contributed by atoms with Crippen LogP contribution in [0, 0.1) is 12.7 Å². The summed E-state index contributed by atoms with van der Waals surface area (Å²) in [6, 6.07) is 15.0. The maximum atomic E-state index is 13.4. The molecule has 3 aromatic rings. The lowest BCUT2D eigenvalue weighted by molar-refractivity contribution is 0.0369. The Labute approximate surface area is 174 Å². The Kier molecular flexibility index (Phi) is 6.54. The van der Waals surface area contributed by atoms with Gasteiger partial charge in [0.1, 0.15) is 5.82 Å². The number of halogens is 1.